The summed E-state index contributed by atoms with van der Waals surface area (Å²) in [5.41, 5.74) is 6.88. The SMILES string of the molecule is CC(C)(C)NCC(COc1cccc2c1C[C@@H](O)[C@@H](O)C2)OC(=O)CCCO[N+](=O)[O-].CC(C)(C)NCC(COc1cccc2c1C[C@@H](O)[C@@H](O)C2)OC(=O)COCCO[N+](=O)[O-].CC(C)NCC(COc1cccc2[nH]ccc12)OC(=O)CCCO[N+](=O)[O-].CC(C)NCC(COc1cccc2[nH]ccc12)OC(=O)COCCO[N+](=O)[O-].CC(C)NCC(COc1cccc2[nH]ccc12)OC(=O)c1ccc(CO[N+](=O)[O-])cc1. The number of carbonyl (C=O) groups is 5. The molecule has 0 aliphatic heterocycles. The van der Waals surface area contributed by atoms with Crippen LogP contribution in [0.1, 0.15) is 147 Å². The van der Waals surface area contributed by atoms with E-state index < -0.39 is 110 Å². The number of nitrogens with zero attached hydrogens (tertiary/aromatic N) is 5. The van der Waals surface area contributed by atoms with Gasteiger partial charge in [-0.15, -0.1) is 50.6 Å². The van der Waals surface area contributed by atoms with Crippen LogP contribution in [0.25, 0.3) is 32.7 Å². The van der Waals surface area contributed by atoms with Crippen LogP contribution in [0.15, 0.2) is 152 Å². The van der Waals surface area contributed by atoms with E-state index in [1.165, 1.54) is 0 Å². The van der Waals surface area contributed by atoms with Crippen LogP contribution in [0.5, 0.6) is 28.7 Å². The molecule has 0 bridgehead atoms. The first-order valence-electron chi connectivity index (χ1n) is 48.5. The van der Waals surface area contributed by atoms with Gasteiger partial charge in [0.05, 0.1) is 56.4 Å². The van der Waals surface area contributed by atoms with Gasteiger partial charge < -0.3 is 143 Å². The van der Waals surface area contributed by atoms with Crippen molar-refractivity contribution < 1.29 is 151 Å². The summed E-state index contributed by atoms with van der Waals surface area (Å²) in [6.45, 7) is 24.6. The van der Waals surface area contributed by atoms with Gasteiger partial charge in [0.1, 0.15) is 125 Å². The van der Waals surface area contributed by atoms with Crippen molar-refractivity contribution in [3.05, 3.63) is 236 Å². The van der Waals surface area contributed by atoms with Gasteiger partial charge in [-0.25, -0.2) is 14.4 Å². The zero-order chi connectivity index (χ0) is 109. The maximum atomic E-state index is 12.6. The molecule has 2 aliphatic carbocycles. The number of benzene rings is 6. The second kappa shape index (κ2) is 64.2. The average Bonchev–Trinajstić information content (AvgIpc) is 1.76. The van der Waals surface area contributed by atoms with Crippen molar-refractivity contribution in [3.8, 4) is 28.7 Å². The van der Waals surface area contributed by atoms with Gasteiger partial charge in [0.2, 0.25) is 0 Å². The molecular formula is C100H139N13O36. The Labute approximate surface area is 859 Å². The average molecular weight is 2100 g/mol. The van der Waals surface area contributed by atoms with Crippen molar-refractivity contribution >= 4 is 62.6 Å². The highest BCUT2D eigenvalue weighted by Crippen LogP contribution is 2.34. The van der Waals surface area contributed by atoms with Gasteiger partial charge in [0, 0.05) is 163 Å². The third-order valence-electron chi connectivity index (χ3n) is 21.5. The van der Waals surface area contributed by atoms with Gasteiger partial charge in [0.25, 0.3) is 25.4 Å². The summed E-state index contributed by atoms with van der Waals surface area (Å²) >= 11 is 0. The molecule has 0 amide bonds. The van der Waals surface area contributed by atoms with Gasteiger partial charge in [0.15, 0.2) is 0 Å². The molecule has 9 atom stereocenters. The van der Waals surface area contributed by atoms with Gasteiger partial charge in [-0.05, 0) is 150 Å². The summed E-state index contributed by atoms with van der Waals surface area (Å²) in [5, 5.41) is 105. The number of nitrogens with one attached hydrogen (secondary N) is 8. The van der Waals surface area contributed by atoms with E-state index in [1.54, 1.807) is 36.4 Å². The fourth-order valence-corrected chi connectivity index (χ4v) is 14.2. The molecule has 149 heavy (non-hydrogen) atoms. The van der Waals surface area contributed by atoms with Crippen molar-refractivity contribution in [3.63, 3.8) is 0 Å². The van der Waals surface area contributed by atoms with Gasteiger partial charge in [-0.1, -0.05) is 96.1 Å². The van der Waals surface area contributed by atoms with E-state index >= 15 is 0 Å². The van der Waals surface area contributed by atoms with E-state index in [0.717, 1.165) is 55.0 Å². The highest BCUT2D eigenvalue weighted by molar-refractivity contribution is 5.90. The van der Waals surface area contributed by atoms with Crippen molar-refractivity contribution in [1.82, 2.24) is 41.5 Å². The second-order valence-corrected chi connectivity index (χ2v) is 37.2. The van der Waals surface area contributed by atoms with Crippen molar-refractivity contribution in [2.24, 2.45) is 0 Å². The molecule has 49 heteroatoms. The molecule has 9 aromatic rings. The number of fused-ring (bicyclic) bond motifs is 5. The normalized spacial score (nSPS) is 15.1. The standard InChI is InChI=1S/C22H25N3O6.C21H32N2O9.C21H32N2O8.C18H25N3O7.C18H25N3O6/c1-15(2)24-12-18(14-29-21-5-3-4-20-19(21)10-11-23-20)31-22(26)17-8-6-16(7-9-17)13-30-25(27)28;1-21(2,3)22-11-15(32-20(26)13-29-7-8-31-23(27)28)12-30-19-6-4-5-14-9-17(24)18(25)10-16(14)19;1-21(2,3)22-12-15(31-20(26)8-5-9-30-23(27)28)13-29-19-7-4-6-14-10-17(24)18(25)11-16(14)19;1-13(2)20-10-14(28-18(22)12-25-8-9-27-21(23)24)11-26-17-5-3-4-16-15(17)6-7-19-16;1-13(2)20-11-14(27-18(22)7-4-10-26-21(23)24)12-25-17-6-3-5-16-15(17)8-9-19-16/h3-11,15,18,23-24H,12-14H2,1-2H3;4-6,15,17-18,22,24-25H,7-13H2,1-3H3;4,6-7,15,17-18,22,24-25H,5,8-13H2,1-3H3;3-7,13-14,19-20H,8-12H2,1-2H3;3,5-6,8-9,13-14,19-20H,4,7,10-12H2,1-2H3/t;2*15?,17-,18+;;/m.00../s1. The minimum absolute atomic E-state index is 0.00925. The van der Waals surface area contributed by atoms with E-state index in [9.17, 15) is 95.0 Å². The van der Waals surface area contributed by atoms with Gasteiger partial charge >= 0.3 is 29.8 Å². The number of aliphatic hydroxyl groups is 4. The largest absolute Gasteiger partial charge is 0.489 e. The Morgan fingerprint density at radius 2 is 0.664 bits per heavy atom. The van der Waals surface area contributed by atoms with E-state index in [-0.39, 0.29) is 160 Å². The van der Waals surface area contributed by atoms with E-state index in [4.69, 9.17) is 56.8 Å². The quantitative estimate of drug-likeness (QED) is 0.00555. The fourth-order valence-electron chi connectivity index (χ4n) is 14.2. The second-order valence-electron chi connectivity index (χ2n) is 37.2. The van der Waals surface area contributed by atoms with Gasteiger partial charge in [-0.3, -0.25) is 9.59 Å². The summed E-state index contributed by atoms with van der Waals surface area (Å²) in [7, 11) is 0. The molecule has 820 valence electrons. The van der Waals surface area contributed by atoms with Crippen LogP contribution in [-0.2, 0) is 109 Å². The molecule has 3 heterocycles. The van der Waals surface area contributed by atoms with Crippen LogP contribution in [-0.4, -0.2) is 293 Å². The number of hydrogen-bond donors (Lipinski definition) is 12. The third-order valence-corrected chi connectivity index (χ3v) is 21.5. The topological polar surface area (TPSA) is 646 Å². The number of ether oxygens (including phenoxy) is 12. The number of rotatable bonds is 59. The lowest BCUT2D eigenvalue weighted by molar-refractivity contribution is -0.763. The Balaban J connectivity index is 0.000000252. The van der Waals surface area contributed by atoms with Crippen molar-refractivity contribution in [1.29, 1.82) is 0 Å². The molecule has 49 nitrogen and oxygen atoms in total. The Hall–Kier alpha value is -14.2. The molecule has 11 rings (SSSR count). The summed E-state index contributed by atoms with van der Waals surface area (Å²) in [6.07, 6.45) is 1.13. The Morgan fingerprint density at radius 1 is 0.362 bits per heavy atom. The summed E-state index contributed by atoms with van der Waals surface area (Å²) in [6, 6.07) is 40.8. The predicted molar refractivity (Wildman–Crippen MR) is 538 cm³/mol. The number of aromatic amines is 3. The highest BCUT2D eigenvalue weighted by Gasteiger charge is 2.32. The third kappa shape index (κ3) is 48.6. The molecule has 6 aromatic carbocycles. The van der Waals surface area contributed by atoms with Crippen LogP contribution in [0, 0.1) is 50.6 Å². The van der Waals surface area contributed by atoms with E-state index in [0.29, 0.717) is 85.4 Å². The summed E-state index contributed by atoms with van der Waals surface area (Å²) < 4.78 is 67.2. The van der Waals surface area contributed by atoms with Crippen LogP contribution in [0.4, 0.5) is 0 Å². The number of aliphatic hydroxyl groups excluding tert-OH is 4. The Bertz CT molecular complexity index is 5600. The monoisotopic (exact) mass is 2100 g/mol. The predicted octanol–water partition coefficient (Wildman–Crippen LogP) is 9.19. The molecule has 5 unspecified atom stereocenters. The minimum Gasteiger partial charge on any atom is -0.489 e. The van der Waals surface area contributed by atoms with Crippen LogP contribution >= 0.6 is 0 Å². The molecule has 12 N–H and O–H groups in total. The zero-order valence-corrected chi connectivity index (χ0v) is 85.5. The summed E-state index contributed by atoms with van der Waals surface area (Å²) in [5.74, 6) is 0.601. The highest BCUT2D eigenvalue weighted by atomic mass is 17.0. The lowest BCUT2D eigenvalue weighted by Gasteiger charge is -2.29. The summed E-state index contributed by atoms with van der Waals surface area (Å²) in [4.78, 5) is 142. The molecule has 0 saturated carbocycles. The maximum absolute atomic E-state index is 12.6. The van der Waals surface area contributed by atoms with Crippen LogP contribution < -0.4 is 50.3 Å². The number of aromatic nitrogens is 3. The van der Waals surface area contributed by atoms with Gasteiger partial charge in [-0.2, -0.15) is 0 Å². The molecule has 0 spiro atoms. The molecule has 0 saturated heterocycles. The molecular weight excluding hydrogens is 1960 g/mol. The van der Waals surface area contributed by atoms with Crippen molar-refractivity contribution in [2.75, 3.05) is 119 Å². The Kier molecular flexibility index (Phi) is 52.5. The smallest absolute Gasteiger partial charge is 0.338 e. The molecule has 2 aliphatic rings. The molecule has 3 aromatic heterocycles. The van der Waals surface area contributed by atoms with E-state index in [1.807, 2.05) is 199 Å². The van der Waals surface area contributed by atoms with Crippen molar-refractivity contribution in [2.45, 2.75) is 225 Å². The number of H-pyrrole nitrogens is 3. The number of carbonyl (C=O) groups excluding carboxylic acids is 5. The minimum atomic E-state index is -0.935. The Morgan fingerprint density at radius 3 is 1.00 bits per heavy atom. The lowest BCUT2D eigenvalue weighted by atomic mass is 9.87. The lowest BCUT2D eigenvalue weighted by Crippen LogP contribution is -2.44. The fraction of sp³-hybridized carbons (Fsp3) is 0.530. The molecule has 0 fully saturated rings. The molecule has 0 radical (unpaired) electrons. The van der Waals surface area contributed by atoms with E-state index in [2.05, 4.69) is 65.7 Å². The zero-order valence-electron chi connectivity index (χ0n) is 85.5. The first-order chi connectivity index (χ1) is 70.9. The maximum Gasteiger partial charge on any atom is 0.338 e. The number of esters is 5. The van der Waals surface area contributed by atoms with Crippen LogP contribution in [0.3, 0.4) is 0 Å². The first-order valence-corrected chi connectivity index (χ1v) is 48.5. The first kappa shape index (κ1) is 122. The van der Waals surface area contributed by atoms with Crippen LogP contribution in [0.2, 0.25) is 0 Å². The number of hydrogen-bond acceptors (Lipinski definition) is 41.